The molecule has 2 nitrogen and oxygen atoms in total. The zero-order valence-electron chi connectivity index (χ0n) is 11.8. The maximum absolute atomic E-state index is 6.25. The third kappa shape index (κ3) is 3.12. The molecule has 18 heavy (non-hydrogen) atoms. The van der Waals surface area contributed by atoms with Crippen LogP contribution < -0.4 is 5.32 Å². The first-order valence-corrected chi connectivity index (χ1v) is 7.14. The summed E-state index contributed by atoms with van der Waals surface area (Å²) in [5.41, 5.74) is 2.69. The largest absolute Gasteiger partial charge is 0.365 e. The third-order valence-corrected chi connectivity index (χ3v) is 3.89. The average Bonchev–Trinajstić information content (AvgIpc) is 2.40. The Kier molecular flexibility index (Phi) is 4.41. The number of benzene rings is 1. The predicted octanol–water partition coefficient (Wildman–Crippen LogP) is 3.47. The van der Waals surface area contributed by atoms with Gasteiger partial charge in [0.2, 0.25) is 0 Å². The number of morpholine rings is 1. The molecule has 1 fully saturated rings. The Balaban J connectivity index is 2.06. The zero-order valence-corrected chi connectivity index (χ0v) is 11.8. The number of hydrogen-bond donors (Lipinski definition) is 1. The quantitative estimate of drug-likeness (QED) is 0.879. The van der Waals surface area contributed by atoms with E-state index in [2.05, 4.69) is 50.4 Å². The molecule has 0 aliphatic carbocycles. The van der Waals surface area contributed by atoms with Crippen LogP contribution in [0.2, 0.25) is 0 Å². The molecule has 1 aliphatic rings. The van der Waals surface area contributed by atoms with Gasteiger partial charge in [0.25, 0.3) is 0 Å². The first kappa shape index (κ1) is 13.6. The van der Waals surface area contributed by atoms with Gasteiger partial charge in [-0.1, -0.05) is 44.5 Å². The summed E-state index contributed by atoms with van der Waals surface area (Å²) >= 11 is 0. The summed E-state index contributed by atoms with van der Waals surface area (Å²) in [7, 11) is 0. The lowest BCUT2D eigenvalue weighted by molar-refractivity contribution is -0.109. The van der Waals surface area contributed by atoms with Gasteiger partial charge in [-0.2, -0.15) is 0 Å². The minimum Gasteiger partial charge on any atom is -0.365 e. The van der Waals surface area contributed by atoms with Crippen LogP contribution in [-0.4, -0.2) is 18.7 Å². The molecule has 1 saturated heterocycles. The molecule has 1 heterocycles. The van der Waals surface area contributed by atoms with E-state index in [1.807, 2.05) is 0 Å². The molecule has 0 aromatic heterocycles. The molecule has 0 radical (unpaired) electrons. The molecule has 1 aromatic rings. The highest BCUT2D eigenvalue weighted by Gasteiger charge is 2.31. The molecule has 2 atom stereocenters. The fraction of sp³-hybridized carbons (Fsp3) is 0.625. The van der Waals surface area contributed by atoms with Crippen molar-refractivity contribution in [2.75, 3.05) is 13.1 Å². The smallest absolute Gasteiger partial charge is 0.0957 e. The van der Waals surface area contributed by atoms with Gasteiger partial charge in [-0.25, -0.2) is 0 Å². The van der Waals surface area contributed by atoms with E-state index in [0.717, 1.165) is 25.9 Å². The molecule has 2 rings (SSSR count). The molecule has 0 bridgehead atoms. The Morgan fingerprint density at radius 3 is 2.61 bits per heavy atom. The maximum atomic E-state index is 6.25. The Hall–Kier alpha value is -0.860. The fourth-order valence-corrected chi connectivity index (χ4v) is 2.48. The van der Waals surface area contributed by atoms with E-state index in [-0.39, 0.29) is 11.7 Å². The van der Waals surface area contributed by atoms with Gasteiger partial charge in [0.1, 0.15) is 0 Å². The summed E-state index contributed by atoms with van der Waals surface area (Å²) in [5, 5.41) is 3.49. The van der Waals surface area contributed by atoms with Gasteiger partial charge in [-0.3, -0.25) is 0 Å². The number of ether oxygens (including phenoxy) is 1. The van der Waals surface area contributed by atoms with Crippen LogP contribution in [0, 0.1) is 0 Å². The van der Waals surface area contributed by atoms with Gasteiger partial charge in [-0.15, -0.1) is 0 Å². The van der Waals surface area contributed by atoms with Crippen molar-refractivity contribution in [2.24, 2.45) is 0 Å². The van der Waals surface area contributed by atoms with Crippen molar-refractivity contribution < 1.29 is 4.74 Å². The Morgan fingerprint density at radius 1 is 1.28 bits per heavy atom. The molecule has 1 aromatic carbocycles. The minimum absolute atomic E-state index is 0.0228. The van der Waals surface area contributed by atoms with Gasteiger partial charge in [-0.05, 0) is 30.9 Å². The normalized spacial score (nSPS) is 28.3. The van der Waals surface area contributed by atoms with Crippen LogP contribution in [-0.2, 0) is 11.2 Å². The van der Waals surface area contributed by atoms with Crippen molar-refractivity contribution >= 4 is 0 Å². The van der Waals surface area contributed by atoms with E-state index >= 15 is 0 Å². The lowest BCUT2D eigenvalue weighted by Gasteiger charge is -2.39. The number of rotatable bonds is 4. The fourth-order valence-electron chi connectivity index (χ4n) is 2.48. The van der Waals surface area contributed by atoms with Gasteiger partial charge >= 0.3 is 0 Å². The lowest BCUT2D eigenvalue weighted by atomic mass is 9.98. The van der Waals surface area contributed by atoms with Crippen LogP contribution in [0.5, 0.6) is 0 Å². The van der Waals surface area contributed by atoms with Crippen LogP contribution >= 0.6 is 0 Å². The molecule has 1 aliphatic heterocycles. The molecule has 0 amide bonds. The van der Waals surface area contributed by atoms with Gasteiger partial charge in [0.05, 0.1) is 11.7 Å². The second kappa shape index (κ2) is 5.85. The Bertz CT molecular complexity index is 373. The van der Waals surface area contributed by atoms with Crippen LogP contribution in [0.3, 0.4) is 0 Å². The van der Waals surface area contributed by atoms with Crippen LogP contribution in [0.25, 0.3) is 0 Å². The van der Waals surface area contributed by atoms with E-state index < -0.39 is 0 Å². The van der Waals surface area contributed by atoms with E-state index in [1.165, 1.54) is 17.5 Å². The van der Waals surface area contributed by atoms with Crippen LogP contribution in [0.15, 0.2) is 24.3 Å². The molecular formula is C16H25NO. The van der Waals surface area contributed by atoms with Gasteiger partial charge in [0, 0.05) is 13.1 Å². The van der Waals surface area contributed by atoms with Crippen LogP contribution in [0.4, 0.5) is 0 Å². The summed E-state index contributed by atoms with van der Waals surface area (Å²) in [6.07, 6.45) is 3.61. The molecule has 0 saturated carbocycles. The van der Waals surface area contributed by atoms with Gasteiger partial charge in [0.15, 0.2) is 0 Å². The van der Waals surface area contributed by atoms with E-state index in [0.29, 0.717) is 0 Å². The molecule has 2 heteroatoms. The van der Waals surface area contributed by atoms with Crippen molar-refractivity contribution in [3.05, 3.63) is 35.4 Å². The highest BCUT2D eigenvalue weighted by atomic mass is 16.5. The minimum atomic E-state index is -0.0228. The predicted molar refractivity (Wildman–Crippen MR) is 75.8 cm³/mol. The molecular weight excluding hydrogens is 222 g/mol. The summed E-state index contributed by atoms with van der Waals surface area (Å²) < 4.78 is 6.25. The maximum Gasteiger partial charge on any atom is 0.0957 e. The summed E-state index contributed by atoms with van der Waals surface area (Å²) in [5.74, 6) is 0. The van der Waals surface area contributed by atoms with E-state index in [9.17, 15) is 0 Å². The highest BCUT2D eigenvalue weighted by molar-refractivity contribution is 5.25. The van der Waals surface area contributed by atoms with E-state index in [4.69, 9.17) is 4.74 Å². The number of hydrogen-bond acceptors (Lipinski definition) is 2. The van der Waals surface area contributed by atoms with Gasteiger partial charge < -0.3 is 10.1 Å². The molecule has 0 spiro atoms. The Morgan fingerprint density at radius 2 is 2.00 bits per heavy atom. The first-order valence-electron chi connectivity index (χ1n) is 7.14. The molecule has 100 valence electrons. The Labute approximate surface area is 111 Å². The molecule has 2 unspecified atom stereocenters. The highest BCUT2D eigenvalue weighted by Crippen LogP contribution is 2.29. The topological polar surface area (TPSA) is 21.3 Å². The van der Waals surface area contributed by atoms with Crippen molar-refractivity contribution in [1.29, 1.82) is 0 Å². The zero-order chi connectivity index (χ0) is 13.0. The standard InChI is InChI=1S/C16H25NO/c1-4-6-13-7-9-14(10-8-13)15-11-17-12-16(3,5-2)18-15/h7-10,15,17H,4-6,11-12H2,1-3H3. The summed E-state index contributed by atoms with van der Waals surface area (Å²) in [6.45, 7) is 8.47. The van der Waals surface area contributed by atoms with Crippen molar-refractivity contribution in [3.8, 4) is 0 Å². The monoisotopic (exact) mass is 247 g/mol. The summed E-state index contributed by atoms with van der Waals surface area (Å²) in [4.78, 5) is 0. The van der Waals surface area contributed by atoms with Crippen molar-refractivity contribution in [2.45, 2.75) is 51.7 Å². The number of aryl methyl sites for hydroxylation is 1. The van der Waals surface area contributed by atoms with Crippen molar-refractivity contribution in [3.63, 3.8) is 0 Å². The second-order valence-corrected chi connectivity index (χ2v) is 5.53. The second-order valence-electron chi connectivity index (χ2n) is 5.53. The van der Waals surface area contributed by atoms with E-state index in [1.54, 1.807) is 0 Å². The third-order valence-electron chi connectivity index (χ3n) is 3.89. The summed E-state index contributed by atoms with van der Waals surface area (Å²) in [6, 6.07) is 8.91. The first-order chi connectivity index (χ1) is 8.67. The average molecular weight is 247 g/mol. The lowest BCUT2D eigenvalue weighted by Crippen LogP contribution is -2.48. The number of nitrogens with one attached hydrogen (secondary N) is 1. The van der Waals surface area contributed by atoms with Crippen molar-refractivity contribution in [1.82, 2.24) is 5.32 Å². The van der Waals surface area contributed by atoms with Crippen LogP contribution in [0.1, 0.15) is 50.8 Å². The molecule has 1 N–H and O–H groups in total. The SMILES string of the molecule is CCCc1ccc(C2CNCC(C)(CC)O2)cc1.